The molecule has 1 N–H and O–H groups in total. The van der Waals surface area contributed by atoms with Crippen LogP contribution in [0.1, 0.15) is 23.3 Å². The summed E-state index contributed by atoms with van der Waals surface area (Å²) in [6.45, 7) is 0.642. The van der Waals surface area contributed by atoms with Gasteiger partial charge in [0.15, 0.2) is 0 Å². The minimum absolute atomic E-state index is 0.0329. The molecular formula is C14H12FN3O. The third kappa shape index (κ3) is 1.51. The lowest BCUT2D eigenvalue weighted by molar-refractivity contribution is 0.0902. The van der Waals surface area contributed by atoms with Gasteiger partial charge in [0.25, 0.3) is 5.91 Å². The molecule has 19 heavy (non-hydrogen) atoms. The Hall–Kier alpha value is -2.17. The third-order valence-electron chi connectivity index (χ3n) is 3.92. The maximum Gasteiger partial charge on any atom is 0.269 e. The van der Waals surface area contributed by atoms with E-state index in [4.69, 9.17) is 0 Å². The van der Waals surface area contributed by atoms with Crippen LogP contribution in [0.4, 0.5) is 4.39 Å². The zero-order valence-electron chi connectivity index (χ0n) is 10.2. The monoisotopic (exact) mass is 257 g/mol. The molecule has 5 heteroatoms. The number of hydrogen-bond donors (Lipinski definition) is 1. The summed E-state index contributed by atoms with van der Waals surface area (Å²) in [5, 5.41) is 7.41. The summed E-state index contributed by atoms with van der Waals surface area (Å²) in [4.78, 5) is 11.9. The Balaban J connectivity index is 1.86. The Morgan fingerprint density at radius 1 is 1.32 bits per heavy atom. The van der Waals surface area contributed by atoms with Crippen molar-refractivity contribution in [2.24, 2.45) is 0 Å². The van der Waals surface area contributed by atoms with Crippen molar-refractivity contribution < 1.29 is 9.18 Å². The van der Waals surface area contributed by atoms with E-state index in [0.717, 1.165) is 12.8 Å². The summed E-state index contributed by atoms with van der Waals surface area (Å²) in [6.07, 6.45) is 2.06. The molecule has 0 unspecified atom stereocenters. The molecule has 1 aliphatic heterocycles. The molecule has 1 spiro atoms. The molecule has 0 radical (unpaired) electrons. The SMILES string of the molecule is O=C1NCC2(CC2)n2nc(-c3cccc(F)c3)cc21. The first-order valence-corrected chi connectivity index (χ1v) is 6.33. The average Bonchev–Trinajstić information content (AvgIpc) is 3.02. The van der Waals surface area contributed by atoms with Gasteiger partial charge >= 0.3 is 0 Å². The van der Waals surface area contributed by atoms with E-state index in [1.807, 2.05) is 4.68 Å². The number of halogens is 1. The number of benzene rings is 1. The molecule has 1 fully saturated rings. The fraction of sp³-hybridized carbons (Fsp3) is 0.286. The second-order valence-corrected chi connectivity index (χ2v) is 5.24. The number of rotatable bonds is 1. The maximum absolute atomic E-state index is 13.3. The van der Waals surface area contributed by atoms with E-state index in [0.29, 0.717) is 23.5 Å². The molecule has 1 aliphatic carbocycles. The van der Waals surface area contributed by atoms with Crippen LogP contribution in [-0.2, 0) is 5.54 Å². The standard InChI is InChI=1S/C14H12FN3O/c15-10-3-1-2-9(6-10)11-7-12-13(19)16-8-14(4-5-14)18(12)17-11/h1-3,6-7H,4-5,8H2,(H,16,19). The van der Waals surface area contributed by atoms with Gasteiger partial charge in [-0.15, -0.1) is 0 Å². The van der Waals surface area contributed by atoms with Crippen LogP contribution in [0.15, 0.2) is 30.3 Å². The number of carbonyl (C=O) groups excluding carboxylic acids is 1. The highest BCUT2D eigenvalue weighted by Gasteiger charge is 2.50. The molecule has 2 heterocycles. The van der Waals surface area contributed by atoms with Gasteiger partial charge < -0.3 is 5.32 Å². The lowest BCUT2D eigenvalue weighted by Crippen LogP contribution is -2.44. The van der Waals surface area contributed by atoms with Crippen LogP contribution < -0.4 is 5.32 Å². The van der Waals surface area contributed by atoms with Crippen LogP contribution in [0, 0.1) is 5.82 Å². The molecule has 0 saturated heterocycles. The van der Waals surface area contributed by atoms with Crippen LogP contribution >= 0.6 is 0 Å². The lowest BCUT2D eigenvalue weighted by Gasteiger charge is -2.24. The molecular weight excluding hydrogens is 245 g/mol. The predicted octanol–water partition coefficient (Wildman–Crippen LogP) is 1.92. The molecule has 4 nitrogen and oxygen atoms in total. The molecule has 2 aromatic rings. The molecule has 0 bridgehead atoms. The molecule has 1 amide bonds. The maximum atomic E-state index is 13.3. The van der Waals surface area contributed by atoms with E-state index >= 15 is 0 Å². The van der Waals surface area contributed by atoms with Crippen molar-refractivity contribution in [3.63, 3.8) is 0 Å². The number of nitrogens with one attached hydrogen (secondary N) is 1. The third-order valence-corrected chi connectivity index (χ3v) is 3.92. The van der Waals surface area contributed by atoms with Crippen molar-refractivity contribution in [2.45, 2.75) is 18.4 Å². The van der Waals surface area contributed by atoms with Crippen molar-refractivity contribution in [3.8, 4) is 11.3 Å². The van der Waals surface area contributed by atoms with Gasteiger partial charge in [-0.3, -0.25) is 9.48 Å². The lowest BCUT2D eigenvalue weighted by atomic mass is 10.1. The second-order valence-electron chi connectivity index (χ2n) is 5.24. The molecule has 1 aromatic carbocycles. The second kappa shape index (κ2) is 3.44. The Labute approximate surface area is 109 Å². The van der Waals surface area contributed by atoms with Crippen LogP contribution in [0.2, 0.25) is 0 Å². The normalized spacial score (nSPS) is 19.1. The van der Waals surface area contributed by atoms with Crippen molar-refractivity contribution in [1.82, 2.24) is 15.1 Å². The van der Waals surface area contributed by atoms with Gasteiger partial charge in [0.1, 0.15) is 11.5 Å². The highest BCUT2D eigenvalue weighted by Crippen LogP contribution is 2.45. The van der Waals surface area contributed by atoms with Gasteiger partial charge in [0.05, 0.1) is 11.2 Å². The van der Waals surface area contributed by atoms with Crippen molar-refractivity contribution in [3.05, 3.63) is 41.8 Å². The van der Waals surface area contributed by atoms with E-state index in [9.17, 15) is 9.18 Å². The highest BCUT2D eigenvalue weighted by molar-refractivity contribution is 5.94. The fourth-order valence-corrected chi connectivity index (χ4v) is 2.64. The van der Waals surface area contributed by atoms with E-state index < -0.39 is 0 Å². The number of fused-ring (bicyclic) bond motifs is 2. The van der Waals surface area contributed by atoms with Gasteiger partial charge in [-0.2, -0.15) is 5.10 Å². The smallest absolute Gasteiger partial charge is 0.269 e. The van der Waals surface area contributed by atoms with Crippen LogP contribution in [-0.4, -0.2) is 22.2 Å². The molecule has 96 valence electrons. The highest BCUT2D eigenvalue weighted by atomic mass is 19.1. The summed E-state index contributed by atoms with van der Waals surface area (Å²) in [7, 11) is 0. The van der Waals surface area contributed by atoms with Crippen LogP contribution in [0.3, 0.4) is 0 Å². The Morgan fingerprint density at radius 2 is 2.16 bits per heavy atom. The summed E-state index contributed by atoms with van der Waals surface area (Å²) >= 11 is 0. The number of aromatic nitrogens is 2. The molecule has 2 aliphatic rings. The first-order valence-electron chi connectivity index (χ1n) is 6.33. The van der Waals surface area contributed by atoms with Crippen LogP contribution in [0.25, 0.3) is 11.3 Å². The first-order chi connectivity index (χ1) is 9.18. The first kappa shape index (κ1) is 10.7. The molecule has 0 atom stereocenters. The van der Waals surface area contributed by atoms with Crippen molar-refractivity contribution in [2.75, 3.05) is 6.54 Å². The van der Waals surface area contributed by atoms with Crippen molar-refractivity contribution in [1.29, 1.82) is 0 Å². The largest absolute Gasteiger partial charge is 0.348 e. The number of nitrogens with zero attached hydrogens (tertiary/aromatic N) is 2. The van der Waals surface area contributed by atoms with Gasteiger partial charge in [-0.1, -0.05) is 12.1 Å². The zero-order valence-corrected chi connectivity index (χ0v) is 10.2. The number of hydrogen-bond acceptors (Lipinski definition) is 2. The molecule has 1 saturated carbocycles. The average molecular weight is 257 g/mol. The van der Waals surface area contributed by atoms with E-state index in [1.54, 1.807) is 18.2 Å². The Kier molecular flexibility index (Phi) is 1.94. The van der Waals surface area contributed by atoms with Gasteiger partial charge in [-0.25, -0.2) is 4.39 Å². The molecule has 4 rings (SSSR count). The summed E-state index contributed by atoms with van der Waals surface area (Å²) in [5.74, 6) is -0.401. The molecule has 1 aromatic heterocycles. The minimum Gasteiger partial charge on any atom is -0.348 e. The Morgan fingerprint density at radius 3 is 2.89 bits per heavy atom. The van der Waals surface area contributed by atoms with Gasteiger partial charge in [-0.05, 0) is 31.0 Å². The zero-order chi connectivity index (χ0) is 13.0. The summed E-state index contributed by atoms with van der Waals surface area (Å²) < 4.78 is 15.1. The van der Waals surface area contributed by atoms with Crippen molar-refractivity contribution >= 4 is 5.91 Å². The Bertz CT molecular complexity index is 688. The summed E-state index contributed by atoms with van der Waals surface area (Å²) in [5.41, 5.74) is 1.89. The topological polar surface area (TPSA) is 46.9 Å². The van der Waals surface area contributed by atoms with Crippen LogP contribution in [0.5, 0.6) is 0 Å². The number of amides is 1. The van der Waals surface area contributed by atoms with Gasteiger partial charge in [0, 0.05) is 12.1 Å². The number of carbonyl (C=O) groups is 1. The minimum atomic E-state index is -0.297. The predicted molar refractivity (Wildman–Crippen MR) is 67.2 cm³/mol. The fourth-order valence-electron chi connectivity index (χ4n) is 2.64. The van der Waals surface area contributed by atoms with E-state index in [-0.39, 0.29) is 17.3 Å². The van der Waals surface area contributed by atoms with E-state index in [2.05, 4.69) is 10.4 Å². The van der Waals surface area contributed by atoms with Gasteiger partial charge in [0.2, 0.25) is 0 Å². The summed E-state index contributed by atoms with van der Waals surface area (Å²) in [6, 6.07) is 8.02. The van der Waals surface area contributed by atoms with E-state index in [1.165, 1.54) is 12.1 Å². The quantitative estimate of drug-likeness (QED) is 0.848.